The summed E-state index contributed by atoms with van der Waals surface area (Å²) in [6, 6.07) is 9.49. The van der Waals surface area contributed by atoms with Crippen LogP contribution in [0.15, 0.2) is 30.3 Å². The van der Waals surface area contributed by atoms with Crippen molar-refractivity contribution >= 4 is 5.97 Å². The molecule has 0 fully saturated rings. The molecule has 1 heterocycles. The third-order valence-electron chi connectivity index (χ3n) is 2.76. The van der Waals surface area contributed by atoms with E-state index in [0.29, 0.717) is 18.2 Å². The average molecular weight is 274 g/mol. The number of rotatable bonds is 5. The van der Waals surface area contributed by atoms with E-state index in [-0.39, 0.29) is 5.97 Å². The van der Waals surface area contributed by atoms with Crippen molar-refractivity contribution in [3.63, 3.8) is 0 Å². The van der Waals surface area contributed by atoms with Crippen molar-refractivity contribution in [3.8, 4) is 0 Å². The largest absolute Gasteiger partial charge is 0.435 e. The molecule has 1 N–H and O–H groups in total. The Balaban J connectivity index is 2.38. The highest BCUT2D eigenvalue weighted by Gasteiger charge is 2.20. The van der Waals surface area contributed by atoms with Crippen LogP contribution in [0.1, 0.15) is 30.4 Å². The SMILES string of the molecule is CNCc1nc(C)n(C(OC(C)=O)c2ccccc2)n1. The Bertz CT molecular complexity index is 580. The van der Waals surface area contributed by atoms with Gasteiger partial charge in [-0.2, -0.15) is 5.10 Å². The molecule has 0 saturated carbocycles. The van der Waals surface area contributed by atoms with Gasteiger partial charge in [0.2, 0.25) is 6.23 Å². The van der Waals surface area contributed by atoms with E-state index in [1.807, 2.05) is 44.3 Å². The Hall–Kier alpha value is -2.21. The van der Waals surface area contributed by atoms with Gasteiger partial charge in [-0.3, -0.25) is 4.79 Å². The van der Waals surface area contributed by atoms with E-state index >= 15 is 0 Å². The molecular weight excluding hydrogens is 256 g/mol. The minimum Gasteiger partial charge on any atom is -0.435 e. The predicted molar refractivity (Wildman–Crippen MR) is 73.9 cm³/mol. The van der Waals surface area contributed by atoms with Gasteiger partial charge >= 0.3 is 5.97 Å². The maximum absolute atomic E-state index is 11.3. The van der Waals surface area contributed by atoms with E-state index in [2.05, 4.69) is 15.4 Å². The maximum Gasteiger partial charge on any atom is 0.304 e. The summed E-state index contributed by atoms with van der Waals surface area (Å²) < 4.78 is 7.02. The lowest BCUT2D eigenvalue weighted by Gasteiger charge is -2.18. The molecule has 1 atom stereocenters. The van der Waals surface area contributed by atoms with Gasteiger partial charge in [0.1, 0.15) is 5.82 Å². The van der Waals surface area contributed by atoms with Crippen LogP contribution in [0.25, 0.3) is 0 Å². The summed E-state index contributed by atoms with van der Waals surface area (Å²) in [5.74, 6) is 1.01. The van der Waals surface area contributed by atoms with Crippen molar-refractivity contribution < 1.29 is 9.53 Å². The van der Waals surface area contributed by atoms with Crippen LogP contribution >= 0.6 is 0 Å². The van der Waals surface area contributed by atoms with E-state index in [0.717, 1.165) is 5.56 Å². The second-order valence-corrected chi connectivity index (χ2v) is 4.42. The number of benzene rings is 1. The van der Waals surface area contributed by atoms with Crippen LogP contribution < -0.4 is 5.32 Å². The lowest BCUT2D eigenvalue weighted by atomic mass is 10.2. The van der Waals surface area contributed by atoms with Crippen LogP contribution in [0.4, 0.5) is 0 Å². The molecule has 0 bridgehead atoms. The number of nitrogens with zero attached hydrogens (tertiary/aromatic N) is 3. The van der Waals surface area contributed by atoms with Gasteiger partial charge in [0.05, 0.1) is 6.54 Å². The Kier molecular flexibility index (Phi) is 4.47. The fourth-order valence-electron chi connectivity index (χ4n) is 1.95. The third kappa shape index (κ3) is 3.21. The summed E-state index contributed by atoms with van der Waals surface area (Å²) in [5.41, 5.74) is 0.853. The standard InChI is InChI=1S/C14H18N4O2/c1-10-16-13(9-15-3)17-18(10)14(20-11(2)19)12-7-5-4-6-8-12/h4-8,14-15H,9H2,1-3H3. The monoisotopic (exact) mass is 274 g/mol. The Morgan fingerprint density at radius 2 is 2.10 bits per heavy atom. The quantitative estimate of drug-likeness (QED) is 0.835. The molecular formula is C14H18N4O2. The van der Waals surface area contributed by atoms with Crippen molar-refractivity contribution in [3.05, 3.63) is 47.5 Å². The molecule has 0 spiro atoms. The van der Waals surface area contributed by atoms with Crippen LogP contribution in [-0.2, 0) is 16.1 Å². The molecule has 6 heteroatoms. The van der Waals surface area contributed by atoms with Gasteiger partial charge < -0.3 is 10.1 Å². The van der Waals surface area contributed by atoms with Crippen molar-refractivity contribution in [2.24, 2.45) is 0 Å². The molecule has 6 nitrogen and oxygen atoms in total. The van der Waals surface area contributed by atoms with Gasteiger partial charge in [-0.25, -0.2) is 9.67 Å². The van der Waals surface area contributed by atoms with Crippen LogP contribution in [0, 0.1) is 6.92 Å². The van der Waals surface area contributed by atoms with Crippen molar-refractivity contribution in [2.75, 3.05) is 7.05 Å². The number of aryl methyl sites for hydroxylation is 1. The highest BCUT2D eigenvalue weighted by Crippen LogP contribution is 2.20. The number of hydrogen-bond donors (Lipinski definition) is 1. The smallest absolute Gasteiger partial charge is 0.304 e. The molecule has 2 aromatic rings. The average Bonchev–Trinajstić information content (AvgIpc) is 2.78. The Labute approximate surface area is 117 Å². The zero-order valence-electron chi connectivity index (χ0n) is 11.8. The van der Waals surface area contributed by atoms with Gasteiger partial charge in [0.25, 0.3) is 0 Å². The van der Waals surface area contributed by atoms with Gasteiger partial charge in [-0.1, -0.05) is 30.3 Å². The lowest BCUT2D eigenvalue weighted by Crippen LogP contribution is -2.20. The summed E-state index contributed by atoms with van der Waals surface area (Å²) in [7, 11) is 1.83. The molecule has 0 saturated heterocycles. The highest BCUT2D eigenvalue weighted by atomic mass is 16.6. The molecule has 1 aromatic carbocycles. The van der Waals surface area contributed by atoms with Crippen LogP contribution in [0.3, 0.4) is 0 Å². The zero-order chi connectivity index (χ0) is 14.5. The molecule has 20 heavy (non-hydrogen) atoms. The van der Waals surface area contributed by atoms with Crippen LogP contribution in [-0.4, -0.2) is 27.8 Å². The topological polar surface area (TPSA) is 69.0 Å². The van der Waals surface area contributed by atoms with Gasteiger partial charge in [0, 0.05) is 12.5 Å². The van der Waals surface area contributed by atoms with Gasteiger partial charge in [-0.05, 0) is 14.0 Å². The molecule has 0 aliphatic heterocycles. The minimum absolute atomic E-state index is 0.357. The first-order valence-electron chi connectivity index (χ1n) is 6.40. The first-order chi connectivity index (χ1) is 9.61. The summed E-state index contributed by atoms with van der Waals surface area (Å²) in [5, 5.41) is 7.39. The van der Waals surface area contributed by atoms with Crippen molar-refractivity contribution in [2.45, 2.75) is 26.6 Å². The minimum atomic E-state index is -0.591. The third-order valence-corrected chi connectivity index (χ3v) is 2.76. The second-order valence-electron chi connectivity index (χ2n) is 4.42. The molecule has 0 aliphatic rings. The first-order valence-corrected chi connectivity index (χ1v) is 6.40. The highest BCUT2D eigenvalue weighted by molar-refractivity contribution is 5.66. The summed E-state index contributed by atoms with van der Waals surface area (Å²) in [6.07, 6.45) is -0.591. The number of carbonyl (C=O) groups is 1. The summed E-state index contributed by atoms with van der Waals surface area (Å²) >= 11 is 0. The maximum atomic E-state index is 11.3. The summed E-state index contributed by atoms with van der Waals surface area (Å²) in [4.78, 5) is 15.7. The molecule has 1 aromatic heterocycles. The molecule has 2 rings (SSSR count). The fraction of sp³-hybridized carbons (Fsp3) is 0.357. The number of aromatic nitrogens is 3. The van der Waals surface area contributed by atoms with Crippen molar-refractivity contribution in [1.29, 1.82) is 0 Å². The van der Waals surface area contributed by atoms with Gasteiger partial charge in [-0.15, -0.1) is 0 Å². The van der Waals surface area contributed by atoms with Crippen LogP contribution in [0.5, 0.6) is 0 Å². The molecule has 1 unspecified atom stereocenters. The number of nitrogens with one attached hydrogen (secondary N) is 1. The molecule has 0 aliphatic carbocycles. The van der Waals surface area contributed by atoms with E-state index in [4.69, 9.17) is 4.74 Å². The van der Waals surface area contributed by atoms with E-state index in [1.54, 1.807) is 4.68 Å². The molecule has 106 valence electrons. The van der Waals surface area contributed by atoms with Crippen LogP contribution in [0.2, 0.25) is 0 Å². The number of ether oxygens (including phenoxy) is 1. The normalized spacial score (nSPS) is 12.2. The van der Waals surface area contributed by atoms with E-state index in [9.17, 15) is 4.79 Å². The van der Waals surface area contributed by atoms with E-state index < -0.39 is 6.23 Å². The number of hydrogen-bond acceptors (Lipinski definition) is 5. The second kappa shape index (κ2) is 6.29. The number of carbonyl (C=O) groups excluding carboxylic acids is 1. The summed E-state index contributed by atoms with van der Waals surface area (Å²) in [6.45, 7) is 3.79. The Morgan fingerprint density at radius 1 is 1.40 bits per heavy atom. The number of esters is 1. The zero-order valence-corrected chi connectivity index (χ0v) is 11.8. The lowest BCUT2D eigenvalue weighted by molar-refractivity contribution is -0.148. The van der Waals surface area contributed by atoms with E-state index in [1.165, 1.54) is 6.92 Å². The fourth-order valence-corrected chi connectivity index (χ4v) is 1.95. The molecule has 0 radical (unpaired) electrons. The Morgan fingerprint density at radius 3 is 2.70 bits per heavy atom. The van der Waals surface area contributed by atoms with Gasteiger partial charge in [0.15, 0.2) is 5.82 Å². The predicted octanol–water partition coefficient (Wildman–Crippen LogP) is 1.42. The first kappa shape index (κ1) is 14.2. The molecule has 0 amide bonds. The van der Waals surface area contributed by atoms with Crippen molar-refractivity contribution in [1.82, 2.24) is 20.1 Å².